The van der Waals surface area contributed by atoms with Crippen molar-refractivity contribution in [2.75, 3.05) is 23.9 Å². The second-order valence-corrected chi connectivity index (χ2v) is 7.83. The molecule has 2 rings (SSSR count). The van der Waals surface area contributed by atoms with Crippen LogP contribution in [0.2, 0.25) is 0 Å². The fourth-order valence-electron chi connectivity index (χ4n) is 3.23. The maximum absolute atomic E-state index is 12.4. The average Bonchev–Trinajstić information content (AvgIpc) is 2.62. The van der Waals surface area contributed by atoms with Crippen molar-refractivity contribution in [3.05, 3.63) is 29.8 Å². The quantitative estimate of drug-likeness (QED) is 0.649. The molecule has 0 spiro atoms. The van der Waals surface area contributed by atoms with E-state index in [1.807, 2.05) is 18.4 Å². The summed E-state index contributed by atoms with van der Waals surface area (Å²) in [6.45, 7) is 4.37. The molecule has 3 amide bonds. The Labute approximate surface area is 160 Å². The third-order valence-electron chi connectivity index (χ3n) is 4.79. The molecule has 6 nitrogen and oxygen atoms in total. The van der Waals surface area contributed by atoms with Gasteiger partial charge in [0.1, 0.15) is 6.04 Å². The molecule has 4 N–H and O–H groups in total. The van der Waals surface area contributed by atoms with Crippen LogP contribution in [-0.2, 0) is 11.3 Å². The van der Waals surface area contributed by atoms with Gasteiger partial charge < -0.3 is 16.4 Å². The number of likely N-dealkylation sites (tertiary alicyclic amines) is 1. The molecule has 1 aromatic carbocycles. The van der Waals surface area contributed by atoms with E-state index < -0.39 is 12.1 Å². The second-order valence-electron chi connectivity index (χ2n) is 6.84. The Hall–Kier alpha value is -1.73. The zero-order valence-corrected chi connectivity index (χ0v) is 16.5. The lowest BCUT2D eigenvalue weighted by Gasteiger charge is -2.33. The topological polar surface area (TPSA) is 87.5 Å². The number of primary amides is 1. The van der Waals surface area contributed by atoms with Crippen LogP contribution in [0.4, 0.5) is 10.5 Å². The fourth-order valence-corrected chi connectivity index (χ4v) is 3.70. The van der Waals surface area contributed by atoms with Crippen LogP contribution in [0.25, 0.3) is 0 Å². The van der Waals surface area contributed by atoms with E-state index in [-0.39, 0.29) is 5.91 Å². The van der Waals surface area contributed by atoms with Crippen molar-refractivity contribution in [1.29, 1.82) is 0 Å². The largest absolute Gasteiger partial charge is 0.352 e. The van der Waals surface area contributed by atoms with Crippen molar-refractivity contribution < 1.29 is 9.59 Å². The van der Waals surface area contributed by atoms with Crippen molar-refractivity contribution in [3.63, 3.8) is 0 Å². The number of piperidine rings is 1. The molecule has 1 fully saturated rings. The highest BCUT2D eigenvalue weighted by Crippen LogP contribution is 2.20. The lowest BCUT2D eigenvalue weighted by Crippen LogP contribution is -2.46. The van der Waals surface area contributed by atoms with E-state index in [2.05, 4.69) is 34.6 Å². The molecule has 7 heteroatoms. The van der Waals surface area contributed by atoms with Crippen molar-refractivity contribution in [3.8, 4) is 0 Å². The van der Waals surface area contributed by atoms with Gasteiger partial charge in [-0.2, -0.15) is 11.8 Å². The summed E-state index contributed by atoms with van der Waals surface area (Å²) in [6.07, 6.45) is 6.35. The predicted molar refractivity (Wildman–Crippen MR) is 108 cm³/mol. The lowest BCUT2D eigenvalue weighted by atomic mass is 10.0. The van der Waals surface area contributed by atoms with Gasteiger partial charge in [0.15, 0.2) is 0 Å². The molecule has 1 aromatic rings. The monoisotopic (exact) mass is 378 g/mol. The van der Waals surface area contributed by atoms with Crippen LogP contribution in [-0.4, -0.2) is 47.5 Å². The molecule has 0 bridgehead atoms. The Kier molecular flexibility index (Phi) is 8.25. The Morgan fingerprint density at radius 3 is 2.65 bits per heavy atom. The Balaban J connectivity index is 1.92. The maximum Gasteiger partial charge on any atom is 0.312 e. The highest BCUT2D eigenvalue weighted by molar-refractivity contribution is 7.98. The van der Waals surface area contributed by atoms with Gasteiger partial charge in [0.25, 0.3) is 0 Å². The molecule has 0 saturated carbocycles. The molecule has 0 aliphatic carbocycles. The number of nitrogens with one attached hydrogen (secondary N) is 2. The normalized spacial score (nSPS) is 18.9. The van der Waals surface area contributed by atoms with Crippen molar-refractivity contribution in [2.24, 2.45) is 5.73 Å². The van der Waals surface area contributed by atoms with Gasteiger partial charge in [-0.15, -0.1) is 0 Å². The first-order chi connectivity index (χ1) is 12.5. The Bertz CT molecular complexity index is 594. The van der Waals surface area contributed by atoms with E-state index in [4.69, 9.17) is 5.73 Å². The van der Waals surface area contributed by atoms with Gasteiger partial charge in [0, 0.05) is 18.3 Å². The van der Waals surface area contributed by atoms with Gasteiger partial charge in [0.05, 0.1) is 0 Å². The number of benzene rings is 1. The summed E-state index contributed by atoms with van der Waals surface area (Å²) in [5.74, 6) is 0.529. The molecule has 26 heavy (non-hydrogen) atoms. The first-order valence-electron chi connectivity index (χ1n) is 9.18. The van der Waals surface area contributed by atoms with E-state index in [1.54, 1.807) is 11.8 Å². The van der Waals surface area contributed by atoms with Crippen LogP contribution in [0.3, 0.4) is 0 Å². The zero-order valence-electron chi connectivity index (χ0n) is 15.7. The Morgan fingerprint density at radius 1 is 1.31 bits per heavy atom. The summed E-state index contributed by atoms with van der Waals surface area (Å²) in [6, 6.07) is 7.26. The third-order valence-corrected chi connectivity index (χ3v) is 5.44. The van der Waals surface area contributed by atoms with Gasteiger partial charge in [-0.05, 0) is 62.4 Å². The molecule has 2 atom stereocenters. The molecule has 1 aliphatic heterocycles. The van der Waals surface area contributed by atoms with Crippen molar-refractivity contribution in [2.45, 2.75) is 51.2 Å². The van der Waals surface area contributed by atoms with Crippen molar-refractivity contribution >= 4 is 29.4 Å². The Morgan fingerprint density at radius 2 is 2.04 bits per heavy atom. The number of carbonyl (C=O) groups excluding carboxylic acids is 2. The number of rotatable bonds is 8. The lowest BCUT2D eigenvalue weighted by molar-refractivity contribution is -0.117. The van der Waals surface area contributed by atoms with Gasteiger partial charge in [-0.25, -0.2) is 4.79 Å². The highest BCUT2D eigenvalue weighted by Gasteiger charge is 2.20. The van der Waals surface area contributed by atoms with Crippen molar-refractivity contribution in [1.82, 2.24) is 10.2 Å². The minimum absolute atomic E-state index is 0.241. The van der Waals surface area contributed by atoms with Crippen LogP contribution in [0, 0.1) is 0 Å². The van der Waals surface area contributed by atoms with E-state index in [0.29, 0.717) is 12.5 Å². The molecule has 0 aromatic heterocycles. The summed E-state index contributed by atoms with van der Waals surface area (Å²) >= 11 is 1.62. The average molecular weight is 379 g/mol. The van der Waals surface area contributed by atoms with Gasteiger partial charge in [-0.3, -0.25) is 9.69 Å². The number of urea groups is 1. The summed E-state index contributed by atoms with van der Waals surface area (Å²) in [4.78, 5) is 26.0. The number of thioether (sulfide) groups is 1. The fraction of sp³-hybridized carbons (Fsp3) is 0.579. The third kappa shape index (κ3) is 6.53. The van der Waals surface area contributed by atoms with Crippen LogP contribution in [0.1, 0.15) is 38.2 Å². The summed E-state index contributed by atoms with van der Waals surface area (Å²) in [5, 5.41) is 5.38. The molecule has 1 aliphatic rings. The first kappa shape index (κ1) is 20.6. The minimum Gasteiger partial charge on any atom is -0.352 e. The minimum atomic E-state index is -0.683. The number of carbonyl (C=O) groups is 2. The van der Waals surface area contributed by atoms with Crippen LogP contribution in [0.15, 0.2) is 24.3 Å². The number of hydrogen-bond donors (Lipinski definition) is 3. The van der Waals surface area contributed by atoms with Crippen LogP contribution >= 0.6 is 11.8 Å². The van der Waals surface area contributed by atoms with Gasteiger partial charge in [0.2, 0.25) is 5.91 Å². The first-order valence-corrected chi connectivity index (χ1v) is 10.6. The number of anilines is 1. The molecule has 144 valence electrons. The van der Waals surface area contributed by atoms with E-state index in [0.717, 1.165) is 24.5 Å². The molecular weight excluding hydrogens is 348 g/mol. The van der Waals surface area contributed by atoms with Crippen LogP contribution < -0.4 is 16.4 Å². The molecular formula is C19H30N4O2S. The summed E-state index contributed by atoms with van der Waals surface area (Å²) in [5.41, 5.74) is 7.14. The number of nitrogens with zero attached hydrogens (tertiary/aromatic N) is 1. The SMILES string of the molecule is CSCC[C@H](NC(N)=O)C(=O)Nc1ccc(CN2CCCC[C@H]2C)cc1. The second kappa shape index (κ2) is 10.4. The number of hydrogen-bond acceptors (Lipinski definition) is 4. The smallest absolute Gasteiger partial charge is 0.312 e. The standard InChI is InChI=1S/C19H30N4O2S/c1-14-5-3-4-11-23(14)13-15-6-8-16(9-7-15)21-18(24)17(10-12-26-2)22-19(20)25/h6-9,14,17H,3-5,10-13H2,1-2H3,(H,21,24)(H3,20,22,25)/t14-,17+/m1/s1. The number of nitrogens with two attached hydrogens (primary N) is 1. The molecule has 1 saturated heterocycles. The maximum atomic E-state index is 12.4. The molecule has 0 radical (unpaired) electrons. The van der Waals surface area contributed by atoms with E-state index in [1.165, 1.54) is 24.8 Å². The molecule has 0 unspecified atom stereocenters. The summed E-state index contributed by atoms with van der Waals surface area (Å²) < 4.78 is 0. The highest BCUT2D eigenvalue weighted by atomic mass is 32.2. The summed E-state index contributed by atoms with van der Waals surface area (Å²) in [7, 11) is 0. The number of amides is 3. The predicted octanol–water partition coefficient (Wildman–Crippen LogP) is 2.79. The molecule has 1 heterocycles. The van der Waals surface area contributed by atoms with Gasteiger partial charge in [-0.1, -0.05) is 18.6 Å². The van der Waals surface area contributed by atoms with Gasteiger partial charge >= 0.3 is 6.03 Å². The van der Waals surface area contributed by atoms with E-state index >= 15 is 0 Å². The van der Waals surface area contributed by atoms with Crippen LogP contribution in [0.5, 0.6) is 0 Å². The zero-order chi connectivity index (χ0) is 18.9. The van der Waals surface area contributed by atoms with E-state index in [9.17, 15) is 9.59 Å².